The normalized spacial score (nSPS) is 12.4. The van der Waals surface area contributed by atoms with E-state index in [2.05, 4.69) is 0 Å². The first-order valence-corrected chi connectivity index (χ1v) is 10.2. The van der Waals surface area contributed by atoms with Gasteiger partial charge in [0.1, 0.15) is 11.5 Å². The molecule has 3 N–H and O–H groups in total. The number of nitrogens with two attached hydrogens (primary N) is 1. The minimum absolute atomic E-state index is 0.111. The van der Waals surface area contributed by atoms with Gasteiger partial charge in [0.15, 0.2) is 6.10 Å². The lowest BCUT2D eigenvalue weighted by Gasteiger charge is -2.26. The molecule has 1 amide bonds. The van der Waals surface area contributed by atoms with Crippen LogP contribution in [0.2, 0.25) is 0 Å². The van der Waals surface area contributed by atoms with Gasteiger partial charge in [0.25, 0.3) is 0 Å². The van der Waals surface area contributed by atoms with Crippen LogP contribution in [0, 0.1) is 6.92 Å². The SMILES string of the molecule is CCCS(=O)(=O)N(C[C@H](O)C(N)=O)c1ccc(Oc2ccc(C)cc2)cc1. The van der Waals surface area contributed by atoms with Crippen LogP contribution in [-0.2, 0) is 14.8 Å². The summed E-state index contributed by atoms with van der Waals surface area (Å²) < 4.78 is 31.8. The summed E-state index contributed by atoms with van der Waals surface area (Å²) in [4.78, 5) is 11.2. The largest absolute Gasteiger partial charge is 0.457 e. The molecule has 7 nitrogen and oxygen atoms in total. The molecule has 0 saturated carbocycles. The first kappa shape index (κ1) is 20.7. The lowest BCUT2D eigenvalue weighted by molar-refractivity contribution is -0.125. The highest BCUT2D eigenvalue weighted by Gasteiger charge is 2.26. The van der Waals surface area contributed by atoms with Crippen LogP contribution in [0.3, 0.4) is 0 Å². The number of carbonyl (C=O) groups is 1. The summed E-state index contributed by atoms with van der Waals surface area (Å²) in [6.45, 7) is 3.28. The molecule has 2 aromatic rings. The third-order valence-corrected chi connectivity index (χ3v) is 5.80. The average molecular weight is 392 g/mol. The van der Waals surface area contributed by atoms with Crippen molar-refractivity contribution in [3.05, 3.63) is 54.1 Å². The van der Waals surface area contributed by atoms with Crippen molar-refractivity contribution >= 4 is 21.6 Å². The molecule has 0 radical (unpaired) electrons. The van der Waals surface area contributed by atoms with Gasteiger partial charge < -0.3 is 15.6 Å². The predicted octanol–water partition coefficient (Wildman–Crippen LogP) is 2.18. The number of amides is 1. The zero-order valence-corrected chi connectivity index (χ0v) is 16.1. The van der Waals surface area contributed by atoms with Crippen molar-refractivity contribution in [1.82, 2.24) is 0 Å². The minimum Gasteiger partial charge on any atom is -0.457 e. The number of carbonyl (C=O) groups excluding carboxylic acids is 1. The molecule has 0 aliphatic heterocycles. The van der Waals surface area contributed by atoms with Crippen molar-refractivity contribution in [3.8, 4) is 11.5 Å². The Hall–Kier alpha value is -2.58. The smallest absolute Gasteiger partial charge is 0.248 e. The standard InChI is InChI=1S/C19H24N2O5S/c1-3-12-27(24,25)21(13-18(22)19(20)23)15-6-10-17(11-7-15)26-16-8-4-14(2)5-9-16/h4-11,18,22H,3,12-13H2,1-2H3,(H2,20,23)/t18-/m0/s1. The Morgan fingerprint density at radius 2 is 1.63 bits per heavy atom. The highest BCUT2D eigenvalue weighted by atomic mass is 32.2. The van der Waals surface area contributed by atoms with E-state index in [1.54, 1.807) is 31.2 Å². The molecule has 0 bridgehead atoms. The van der Waals surface area contributed by atoms with Crippen molar-refractivity contribution in [2.75, 3.05) is 16.6 Å². The second-order valence-electron chi connectivity index (χ2n) is 6.17. The number of aliphatic hydroxyl groups is 1. The van der Waals surface area contributed by atoms with E-state index in [9.17, 15) is 18.3 Å². The molecule has 0 spiro atoms. The van der Waals surface area contributed by atoms with Crippen LogP contribution in [0.1, 0.15) is 18.9 Å². The number of nitrogens with zero attached hydrogens (tertiary/aromatic N) is 1. The Labute approximate surface area is 159 Å². The number of aliphatic hydroxyl groups excluding tert-OH is 1. The van der Waals surface area contributed by atoms with E-state index in [1.165, 1.54) is 0 Å². The number of benzene rings is 2. The number of primary amides is 1. The van der Waals surface area contributed by atoms with Crippen LogP contribution < -0.4 is 14.8 Å². The van der Waals surface area contributed by atoms with E-state index in [1.807, 2.05) is 31.2 Å². The van der Waals surface area contributed by atoms with Crippen LogP contribution >= 0.6 is 0 Å². The van der Waals surface area contributed by atoms with Gasteiger partial charge in [0.2, 0.25) is 15.9 Å². The van der Waals surface area contributed by atoms with Gasteiger partial charge >= 0.3 is 0 Å². The second-order valence-corrected chi connectivity index (χ2v) is 8.19. The number of rotatable bonds is 9. The second kappa shape index (κ2) is 8.88. The number of hydrogen-bond donors (Lipinski definition) is 2. The summed E-state index contributed by atoms with van der Waals surface area (Å²) in [5, 5.41) is 9.76. The van der Waals surface area contributed by atoms with Crippen molar-refractivity contribution in [2.24, 2.45) is 5.73 Å². The Kier molecular flexibility index (Phi) is 6.81. The van der Waals surface area contributed by atoms with E-state index in [-0.39, 0.29) is 5.75 Å². The fraction of sp³-hybridized carbons (Fsp3) is 0.316. The fourth-order valence-electron chi connectivity index (χ4n) is 2.42. The summed E-state index contributed by atoms with van der Waals surface area (Å²) in [5.41, 5.74) is 6.50. The summed E-state index contributed by atoms with van der Waals surface area (Å²) >= 11 is 0. The van der Waals surface area contributed by atoms with Gasteiger partial charge in [-0.05, 0) is 49.7 Å². The van der Waals surface area contributed by atoms with Gasteiger partial charge in [-0.2, -0.15) is 0 Å². The summed E-state index contributed by atoms with van der Waals surface area (Å²) in [6.07, 6.45) is -1.19. The molecule has 0 aromatic heterocycles. The number of hydrogen-bond acceptors (Lipinski definition) is 5. The molecule has 2 aromatic carbocycles. The van der Waals surface area contributed by atoms with E-state index in [0.717, 1.165) is 9.87 Å². The monoisotopic (exact) mass is 392 g/mol. The number of aryl methyl sites for hydroxylation is 1. The Balaban J connectivity index is 2.24. The first-order valence-electron chi connectivity index (χ1n) is 8.55. The third kappa shape index (κ3) is 5.70. The summed E-state index contributed by atoms with van der Waals surface area (Å²) in [7, 11) is -3.71. The first-order chi connectivity index (χ1) is 12.7. The molecule has 0 fully saturated rings. The summed E-state index contributed by atoms with van der Waals surface area (Å²) in [5.74, 6) is 0.102. The Morgan fingerprint density at radius 3 is 2.11 bits per heavy atom. The zero-order chi connectivity index (χ0) is 20.0. The highest BCUT2D eigenvalue weighted by molar-refractivity contribution is 7.92. The molecular weight excluding hydrogens is 368 g/mol. The van der Waals surface area contributed by atoms with Crippen LogP contribution in [0.4, 0.5) is 5.69 Å². The molecule has 0 unspecified atom stereocenters. The third-order valence-electron chi connectivity index (χ3n) is 3.85. The zero-order valence-electron chi connectivity index (χ0n) is 15.3. The highest BCUT2D eigenvalue weighted by Crippen LogP contribution is 2.26. The van der Waals surface area contributed by atoms with Gasteiger partial charge in [-0.1, -0.05) is 24.6 Å². The number of sulfonamides is 1. The Morgan fingerprint density at radius 1 is 1.11 bits per heavy atom. The minimum atomic E-state index is -3.71. The molecule has 0 aliphatic carbocycles. The van der Waals surface area contributed by atoms with Crippen molar-refractivity contribution in [1.29, 1.82) is 0 Å². The predicted molar refractivity (Wildman–Crippen MR) is 104 cm³/mol. The maximum Gasteiger partial charge on any atom is 0.248 e. The lowest BCUT2D eigenvalue weighted by atomic mass is 10.2. The van der Waals surface area contributed by atoms with Crippen molar-refractivity contribution < 1.29 is 23.1 Å². The fourth-order valence-corrected chi connectivity index (χ4v) is 3.97. The molecule has 8 heteroatoms. The quantitative estimate of drug-likeness (QED) is 0.680. The van der Waals surface area contributed by atoms with Crippen LogP contribution in [0.15, 0.2) is 48.5 Å². The molecule has 0 aliphatic rings. The lowest BCUT2D eigenvalue weighted by Crippen LogP contribution is -2.44. The van der Waals surface area contributed by atoms with Crippen molar-refractivity contribution in [2.45, 2.75) is 26.4 Å². The van der Waals surface area contributed by atoms with Gasteiger partial charge in [-0.3, -0.25) is 9.10 Å². The van der Waals surface area contributed by atoms with Crippen LogP contribution in [0.5, 0.6) is 11.5 Å². The van der Waals surface area contributed by atoms with Crippen LogP contribution in [-0.4, -0.2) is 37.8 Å². The summed E-state index contributed by atoms with van der Waals surface area (Å²) in [6, 6.07) is 13.9. The van der Waals surface area contributed by atoms with Crippen molar-refractivity contribution in [3.63, 3.8) is 0 Å². The van der Waals surface area contributed by atoms with Gasteiger partial charge in [0, 0.05) is 0 Å². The Bertz CT molecular complexity index is 864. The van der Waals surface area contributed by atoms with Gasteiger partial charge in [-0.15, -0.1) is 0 Å². The van der Waals surface area contributed by atoms with E-state index in [4.69, 9.17) is 10.5 Å². The van der Waals surface area contributed by atoms with Crippen LogP contribution in [0.25, 0.3) is 0 Å². The number of ether oxygens (including phenoxy) is 1. The molecule has 146 valence electrons. The topological polar surface area (TPSA) is 110 Å². The molecule has 0 saturated heterocycles. The van der Waals surface area contributed by atoms with E-state index in [0.29, 0.717) is 23.6 Å². The number of anilines is 1. The maximum atomic E-state index is 12.5. The van der Waals surface area contributed by atoms with Gasteiger partial charge in [0.05, 0.1) is 18.0 Å². The van der Waals surface area contributed by atoms with E-state index < -0.39 is 28.6 Å². The molecule has 1 atom stereocenters. The van der Waals surface area contributed by atoms with Gasteiger partial charge in [-0.25, -0.2) is 8.42 Å². The molecular formula is C19H24N2O5S. The maximum absolute atomic E-state index is 12.5. The average Bonchev–Trinajstić information content (AvgIpc) is 2.62. The molecule has 27 heavy (non-hydrogen) atoms. The molecule has 2 rings (SSSR count). The van der Waals surface area contributed by atoms with E-state index >= 15 is 0 Å². The molecule has 0 heterocycles.